The molecule has 0 spiro atoms. The SMILES string of the molecule is CC(Oc1cccc2ccccc12)C(=O)NCCCC(=O)O. The number of carboxylic acids is 1. The van der Waals surface area contributed by atoms with Gasteiger partial charge in [0, 0.05) is 18.4 Å². The maximum atomic E-state index is 11.9. The van der Waals surface area contributed by atoms with E-state index in [1.54, 1.807) is 6.92 Å². The summed E-state index contributed by atoms with van der Waals surface area (Å²) in [6.45, 7) is 2.00. The third-order valence-electron chi connectivity index (χ3n) is 3.29. The fourth-order valence-electron chi connectivity index (χ4n) is 2.14. The van der Waals surface area contributed by atoms with Crippen LogP contribution < -0.4 is 10.1 Å². The fraction of sp³-hybridized carbons (Fsp3) is 0.294. The second kappa shape index (κ2) is 7.45. The zero-order valence-electron chi connectivity index (χ0n) is 12.4. The molecule has 0 aliphatic carbocycles. The van der Waals surface area contributed by atoms with E-state index in [4.69, 9.17) is 9.84 Å². The highest BCUT2D eigenvalue weighted by atomic mass is 16.5. The first-order valence-corrected chi connectivity index (χ1v) is 7.22. The molecule has 0 aliphatic heterocycles. The van der Waals surface area contributed by atoms with E-state index in [0.717, 1.165) is 10.8 Å². The molecule has 2 N–H and O–H groups in total. The van der Waals surface area contributed by atoms with Crippen molar-refractivity contribution < 1.29 is 19.4 Å². The van der Waals surface area contributed by atoms with Gasteiger partial charge in [-0.15, -0.1) is 0 Å². The van der Waals surface area contributed by atoms with Crippen LogP contribution in [0, 0.1) is 0 Å². The van der Waals surface area contributed by atoms with Crippen LogP contribution in [-0.2, 0) is 9.59 Å². The lowest BCUT2D eigenvalue weighted by Gasteiger charge is -2.16. The molecule has 0 saturated heterocycles. The Hall–Kier alpha value is -2.56. The smallest absolute Gasteiger partial charge is 0.303 e. The normalized spacial score (nSPS) is 11.9. The molecule has 5 nitrogen and oxygen atoms in total. The van der Waals surface area contributed by atoms with Gasteiger partial charge in [0.1, 0.15) is 5.75 Å². The number of fused-ring (bicyclic) bond motifs is 1. The Balaban J connectivity index is 1.94. The van der Waals surface area contributed by atoms with Crippen molar-refractivity contribution in [2.45, 2.75) is 25.9 Å². The highest BCUT2D eigenvalue weighted by Gasteiger charge is 2.15. The molecule has 0 bridgehead atoms. The number of hydrogen-bond acceptors (Lipinski definition) is 3. The minimum atomic E-state index is -0.866. The summed E-state index contributed by atoms with van der Waals surface area (Å²) < 4.78 is 5.74. The van der Waals surface area contributed by atoms with Crippen molar-refractivity contribution in [1.82, 2.24) is 5.32 Å². The second-order valence-corrected chi connectivity index (χ2v) is 5.03. The van der Waals surface area contributed by atoms with E-state index in [0.29, 0.717) is 18.7 Å². The summed E-state index contributed by atoms with van der Waals surface area (Å²) in [5.74, 6) is -0.459. The molecule has 0 aliphatic rings. The van der Waals surface area contributed by atoms with E-state index in [-0.39, 0.29) is 12.3 Å². The summed E-state index contributed by atoms with van der Waals surface area (Å²) in [5.41, 5.74) is 0. The van der Waals surface area contributed by atoms with E-state index >= 15 is 0 Å². The van der Waals surface area contributed by atoms with Gasteiger partial charge >= 0.3 is 5.97 Å². The van der Waals surface area contributed by atoms with E-state index in [9.17, 15) is 9.59 Å². The van der Waals surface area contributed by atoms with Gasteiger partial charge < -0.3 is 15.2 Å². The van der Waals surface area contributed by atoms with Crippen molar-refractivity contribution >= 4 is 22.6 Å². The highest BCUT2D eigenvalue weighted by Crippen LogP contribution is 2.25. The summed E-state index contributed by atoms with van der Waals surface area (Å²) >= 11 is 0. The number of carbonyl (C=O) groups excluding carboxylic acids is 1. The van der Waals surface area contributed by atoms with Crippen LogP contribution in [0.1, 0.15) is 19.8 Å². The van der Waals surface area contributed by atoms with Crippen molar-refractivity contribution in [2.75, 3.05) is 6.54 Å². The fourth-order valence-corrected chi connectivity index (χ4v) is 2.14. The monoisotopic (exact) mass is 301 g/mol. The molecule has 0 aromatic heterocycles. The molecule has 22 heavy (non-hydrogen) atoms. The van der Waals surface area contributed by atoms with E-state index in [1.807, 2.05) is 42.5 Å². The van der Waals surface area contributed by atoms with Gasteiger partial charge in [0.15, 0.2) is 6.10 Å². The minimum Gasteiger partial charge on any atom is -0.481 e. The maximum Gasteiger partial charge on any atom is 0.303 e. The van der Waals surface area contributed by atoms with Gasteiger partial charge in [-0.2, -0.15) is 0 Å². The number of aliphatic carboxylic acids is 1. The van der Waals surface area contributed by atoms with Gasteiger partial charge in [-0.3, -0.25) is 9.59 Å². The quantitative estimate of drug-likeness (QED) is 0.771. The van der Waals surface area contributed by atoms with Crippen molar-refractivity contribution in [3.05, 3.63) is 42.5 Å². The molecule has 0 fully saturated rings. The number of ether oxygens (including phenoxy) is 1. The topological polar surface area (TPSA) is 75.6 Å². The predicted molar refractivity (Wildman–Crippen MR) is 83.9 cm³/mol. The first-order chi connectivity index (χ1) is 10.6. The molecule has 0 saturated carbocycles. The van der Waals surface area contributed by atoms with Gasteiger partial charge in [0.2, 0.25) is 0 Å². The number of hydrogen-bond donors (Lipinski definition) is 2. The number of rotatable bonds is 7. The first kappa shape index (κ1) is 15.8. The molecule has 116 valence electrons. The van der Waals surface area contributed by atoms with Gasteiger partial charge in [-0.05, 0) is 24.8 Å². The van der Waals surface area contributed by atoms with Crippen LogP contribution in [0.2, 0.25) is 0 Å². The van der Waals surface area contributed by atoms with E-state index < -0.39 is 12.1 Å². The number of carboxylic acid groups (broad SMARTS) is 1. The molecule has 1 atom stereocenters. The first-order valence-electron chi connectivity index (χ1n) is 7.22. The molecule has 2 rings (SSSR count). The Morgan fingerprint density at radius 1 is 1.18 bits per heavy atom. The van der Waals surface area contributed by atoms with Gasteiger partial charge in [-0.25, -0.2) is 0 Å². The molecule has 2 aromatic carbocycles. The third kappa shape index (κ3) is 4.22. The van der Waals surface area contributed by atoms with Crippen LogP contribution in [0.15, 0.2) is 42.5 Å². The van der Waals surface area contributed by atoms with E-state index in [1.165, 1.54) is 0 Å². The number of amides is 1. The highest BCUT2D eigenvalue weighted by molar-refractivity contribution is 5.89. The van der Waals surface area contributed by atoms with Gasteiger partial charge in [0.05, 0.1) is 0 Å². The lowest BCUT2D eigenvalue weighted by molar-refractivity contribution is -0.137. The minimum absolute atomic E-state index is 0.0405. The lowest BCUT2D eigenvalue weighted by Crippen LogP contribution is -2.37. The molecule has 5 heteroatoms. The lowest BCUT2D eigenvalue weighted by atomic mass is 10.1. The number of nitrogens with one attached hydrogen (secondary N) is 1. The Bertz CT molecular complexity index is 663. The van der Waals surface area contributed by atoms with Crippen LogP contribution in [0.3, 0.4) is 0 Å². The average molecular weight is 301 g/mol. The Kier molecular flexibility index (Phi) is 5.36. The van der Waals surface area contributed by atoms with Crippen LogP contribution in [-0.4, -0.2) is 29.6 Å². The summed E-state index contributed by atoms with van der Waals surface area (Å²) in [5, 5.41) is 13.2. The number of benzene rings is 2. The Morgan fingerprint density at radius 2 is 1.91 bits per heavy atom. The zero-order valence-corrected chi connectivity index (χ0v) is 12.4. The van der Waals surface area contributed by atoms with Crippen molar-refractivity contribution in [3.8, 4) is 5.75 Å². The molecule has 2 aromatic rings. The summed E-state index contributed by atoms with van der Waals surface area (Å²) in [6.07, 6.45) is -0.198. The van der Waals surface area contributed by atoms with Crippen molar-refractivity contribution in [3.63, 3.8) is 0 Å². The Morgan fingerprint density at radius 3 is 2.68 bits per heavy atom. The van der Waals surface area contributed by atoms with Crippen molar-refractivity contribution in [1.29, 1.82) is 0 Å². The number of carbonyl (C=O) groups is 2. The summed E-state index contributed by atoms with van der Waals surface area (Å²) in [6, 6.07) is 13.5. The largest absolute Gasteiger partial charge is 0.481 e. The zero-order chi connectivity index (χ0) is 15.9. The third-order valence-corrected chi connectivity index (χ3v) is 3.29. The van der Waals surface area contributed by atoms with Crippen molar-refractivity contribution in [2.24, 2.45) is 0 Å². The average Bonchev–Trinajstić information content (AvgIpc) is 2.51. The molecule has 0 radical (unpaired) electrons. The van der Waals surface area contributed by atoms with Gasteiger partial charge in [0.25, 0.3) is 5.91 Å². The van der Waals surface area contributed by atoms with E-state index in [2.05, 4.69) is 5.32 Å². The standard InChI is InChI=1S/C17H19NO4/c1-12(17(21)18-11-5-10-16(19)20)22-15-9-4-7-13-6-2-3-8-14(13)15/h2-4,6-9,12H,5,10-11H2,1H3,(H,18,21)(H,19,20). The van der Waals surface area contributed by atoms with Crippen LogP contribution in [0.4, 0.5) is 0 Å². The van der Waals surface area contributed by atoms with Crippen LogP contribution in [0.5, 0.6) is 5.75 Å². The molecular weight excluding hydrogens is 282 g/mol. The second-order valence-electron chi connectivity index (χ2n) is 5.03. The van der Waals surface area contributed by atoms with Crippen LogP contribution in [0.25, 0.3) is 10.8 Å². The molecular formula is C17H19NO4. The molecule has 1 unspecified atom stereocenters. The molecule has 0 heterocycles. The Labute approximate surface area is 128 Å². The summed E-state index contributed by atoms with van der Waals surface area (Å²) in [7, 11) is 0. The van der Waals surface area contributed by atoms with Crippen LogP contribution >= 0.6 is 0 Å². The van der Waals surface area contributed by atoms with Gasteiger partial charge in [-0.1, -0.05) is 36.4 Å². The summed E-state index contributed by atoms with van der Waals surface area (Å²) in [4.78, 5) is 22.4. The predicted octanol–water partition coefficient (Wildman–Crippen LogP) is 2.59. The maximum absolute atomic E-state index is 11.9. The molecule has 1 amide bonds.